The van der Waals surface area contributed by atoms with Crippen LogP contribution in [0.3, 0.4) is 0 Å². The zero-order valence-electron chi connectivity index (χ0n) is 19.4. The van der Waals surface area contributed by atoms with Crippen molar-refractivity contribution in [3.63, 3.8) is 0 Å². The summed E-state index contributed by atoms with van der Waals surface area (Å²) in [5.41, 5.74) is 1.20. The van der Waals surface area contributed by atoms with Crippen molar-refractivity contribution in [3.8, 4) is 5.75 Å². The number of ether oxygens (including phenoxy) is 2. The second kappa shape index (κ2) is 8.17. The molecule has 0 N–H and O–H groups in total. The Labute approximate surface area is 195 Å². The van der Waals surface area contributed by atoms with Gasteiger partial charge >= 0.3 is 5.97 Å². The molecule has 6 heteroatoms. The topological polar surface area (TPSA) is 71.1 Å². The molecule has 178 valence electrons. The average Bonchev–Trinajstić information content (AvgIpc) is 3.15. The maximum absolute atomic E-state index is 11.9. The molecule has 2 atom stereocenters. The molecule has 5 aliphatic carbocycles. The van der Waals surface area contributed by atoms with E-state index in [-0.39, 0.29) is 24.6 Å². The number of hydrogen-bond acceptors (Lipinski definition) is 6. The van der Waals surface area contributed by atoms with Crippen LogP contribution < -0.4 is 4.74 Å². The van der Waals surface area contributed by atoms with Crippen molar-refractivity contribution in [2.75, 3.05) is 0 Å². The van der Waals surface area contributed by atoms with Gasteiger partial charge in [0, 0.05) is 31.1 Å². The van der Waals surface area contributed by atoms with Gasteiger partial charge in [-0.2, -0.15) is 9.78 Å². The highest BCUT2D eigenvalue weighted by molar-refractivity contribution is 5.81. The van der Waals surface area contributed by atoms with Crippen LogP contribution in [0.15, 0.2) is 24.3 Å². The zero-order valence-corrected chi connectivity index (χ0v) is 19.4. The molecule has 33 heavy (non-hydrogen) atoms. The quantitative estimate of drug-likeness (QED) is 0.335. The summed E-state index contributed by atoms with van der Waals surface area (Å²) in [4.78, 5) is 35.3. The number of esters is 1. The summed E-state index contributed by atoms with van der Waals surface area (Å²) in [6.45, 7) is 1.48. The first-order chi connectivity index (χ1) is 15.9. The van der Waals surface area contributed by atoms with Crippen LogP contribution in [0.5, 0.6) is 5.75 Å². The molecule has 5 saturated carbocycles. The standard InChI is InChI=1S/C27H34O6/c1-17(28)4-9-25(29)30-24-7-5-20(6-8-24)21-3-2-10-26(16-21)31-27(33-32-26)22-12-18-11-19(14-22)15-23(27)13-18/h5-8,18-19,21-23H,2-4,9-16H2,1H3/t18?,19?,21?,22?,23?,26-,27?/m1/s1. The molecule has 2 spiro atoms. The third-order valence-electron chi connectivity index (χ3n) is 8.88. The number of rotatable bonds is 5. The summed E-state index contributed by atoms with van der Waals surface area (Å²) in [6.07, 6.45) is 10.4. The first-order valence-corrected chi connectivity index (χ1v) is 12.8. The van der Waals surface area contributed by atoms with Gasteiger partial charge in [-0.3, -0.25) is 4.79 Å². The molecule has 0 radical (unpaired) electrons. The molecular weight excluding hydrogens is 420 g/mol. The summed E-state index contributed by atoms with van der Waals surface area (Å²) < 4.78 is 12.3. The first kappa shape index (κ1) is 21.8. The lowest BCUT2D eigenvalue weighted by Gasteiger charge is -2.57. The molecule has 6 fully saturated rings. The Kier molecular flexibility index (Phi) is 5.39. The number of Topliss-reactive ketones (excluding diaryl/α,β-unsaturated/α-hetero) is 1. The first-order valence-electron chi connectivity index (χ1n) is 12.8. The van der Waals surface area contributed by atoms with E-state index in [0.717, 1.165) is 37.5 Å². The fourth-order valence-corrected chi connectivity index (χ4v) is 7.53. The predicted molar refractivity (Wildman–Crippen MR) is 119 cm³/mol. The molecule has 7 rings (SSSR count). The van der Waals surface area contributed by atoms with E-state index in [9.17, 15) is 9.59 Å². The average molecular weight is 455 g/mol. The van der Waals surface area contributed by atoms with Gasteiger partial charge in [0.05, 0.1) is 6.42 Å². The van der Waals surface area contributed by atoms with E-state index in [1.54, 1.807) is 0 Å². The summed E-state index contributed by atoms with van der Waals surface area (Å²) in [7, 11) is 0. The smallest absolute Gasteiger partial charge is 0.311 e. The summed E-state index contributed by atoms with van der Waals surface area (Å²) in [5.74, 6) is 1.95. The fourth-order valence-electron chi connectivity index (χ4n) is 7.53. The third-order valence-corrected chi connectivity index (χ3v) is 8.88. The van der Waals surface area contributed by atoms with Gasteiger partial charge in [0.15, 0.2) is 0 Å². The van der Waals surface area contributed by atoms with Crippen molar-refractivity contribution in [2.45, 2.75) is 95.0 Å². The lowest BCUT2D eigenvalue weighted by Crippen LogP contribution is -2.59. The summed E-state index contributed by atoms with van der Waals surface area (Å²) in [6, 6.07) is 7.75. The van der Waals surface area contributed by atoms with Crippen LogP contribution in [0.2, 0.25) is 0 Å². The maximum Gasteiger partial charge on any atom is 0.311 e. The number of carbonyl (C=O) groups excluding carboxylic acids is 2. The van der Waals surface area contributed by atoms with Crippen molar-refractivity contribution in [3.05, 3.63) is 29.8 Å². The Hall–Kier alpha value is -1.76. The summed E-state index contributed by atoms with van der Waals surface area (Å²) in [5, 5.41) is 0. The number of hydrogen-bond donors (Lipinski definition) is 0. The van der Waals surface area contributed by atoms with Gasteiger partial charge in [0.25, 0.3) is 0 Å². The third kappa shape index (κ3) is 3.94. The molecule has 0 aromatic heterocycles. The number of carbonyl (C=O) groups is 2. The highest BCUT2D eigenvalue weighted by Crippen LogP contribution is 2.64. The van der Waals surface area contributed by atoms with Crippen molar-refractivity contribution < 1.29 is 28.8 Å². The van der Waals surface area contributed by atoms with Crippen LogP contribution in [-0.2, 0) is 24.1 Å². The van der Waals surface area contributed by atoms with Crippen LogP contribution in [0, 0.1) is 23.7 Å². The van der Waals surface area contributed by atoms with Gasteiger partial charge < -0.3 is 14.3 Å². The van der Waals surface area contributed by atoms with E-state index in [1.165, 1.54) is 44.6 Å². The molecule has 1 unspecified atom stereocenters. The van der Waals surface area contributed by atoms with Gasteiger partial charge in [-0.05, 0) is 87.3 Å². The molecule has 0 amide bonds. The Morgan fingerprint density at radius 2 is 1.67 bits per heavy atom. The van der Waals surface area contributed by atoms with Crippen molar-refractivity contribution in [2.24, 2.45) is 23.7 Å². The molecule has 1 heterocycles. The highest BCUT2D eigenvalue weighted by atomic mass is 17.3. The molecule has 6 aliphatic rings. The lowest BCUT2D eigenvalue weighted by atomic mass is 9.53. The van der Waals surface area contributed by atoms with Crippen LogP contribution >= 0.6 is 0 Å². The minimum absolute atomic E-state index is 0.00991. The van der Waals surface area contributed by atoms with E-state index >= 15 is 0 Å². The van der Waals surface area contributed by atoms with Gasteiger partial charge in [0.1, 0.15) is 11.5 Å². The lowest BCUT2D eigenvalue weighted by molar-refractivity contribution is -0.390. The molecular formula is C27H34O6. The molecule has 6 nitrogen and oxygen atoms in total. The van der Waals surface area contributed by atoms with Gasteiger partial charge in [-0.1, -0.05) is 12.1 Å². The fraction of sp³-hybridized carbons (Fsp3) is 0.704. The highest BCUT2D eigenvalue weighted by Gasteiger charge is 2.67. The minimum atomic E-state index is -0.643. The van der Waals surface area contributed by atoms with Gasteiger partial charge in [-0.15, -0.1) is 0 Å². The second-order valence-corrected chi connectivity index (χ2v) is 11.2. The Morgan fingerprint density at radius 3 is 2.33 bits per heavy atom. The van der Waals surface area contributed by atoms with E-state index < -0.39 is 11.6 Å². The van der Waals surface area contributed by atoms with Gasteiger partial charge in [-0.25, -0.2) is 0 Å². The molecule has 1 aliphatic heterocycles. The van der Waals surface area contributed by atoms with Crippen LogP contribution in [0.1, 0.15) is 89.0 Å². The van der Waals surface area contributed by atoms with Crippen LogP contribution in [0.25, 0.3) is 0 Å². The van der Waals surface area contributed by atoms with E-state index in [4.69, 9.17) is 19.2 Å². The monoisotopic (exact) mass is 454 g/mol. The largest absolute Gasteiger partial charge is 0.427 e. The van der Waals surface area contributed by atoms with E-state index in [1.807, 2.05) is 24.3 Å². The zero-order chi connectivity index (χ0) is 22.6. The normalized spacial score (nSPS) is 41.1. The SMILES string of the molecule is CC(=O)CCC(=O)Oc1ccc(C2CCC[C@]3(C2)OOC2(O3)C3CC4CC(C3)CC2C4)cc1. The molecule has 1 aromatic rings. The van der Waals surface area contributed by atoms with Gasteiger partial charge in [0.2, 0.25) is 11.6 Å². The summed E-state index contributed by atoms with van der Waals surface area (Å²) >= 11 is 0. The Morgan fingerprint density at radius 1 is 0.970 bits per heavy atom. The van der Waals surface area contributed by atoms with Crippen LogP contribution in [-0.4, -0.2) is 23.3 Å². The molecule has 4 bridgehead atoms. The predicted octanol–water partition coefficient (Wildman–Crippen LogP) is 5.45. The Balaban J connectivity index is 1.12. The van der Waals surface area contributed by atoms with Crippen molar-refractivity contribution >= 4 is 11.8 Å². The Bertz CT molecular complexity index is 895. The second-order valence-electron chi connectivity index (χ2n) is 11.2. The van der Waals surface area contributed by atoms with Crippen LogP contribution in [0.4, 0.5) is 0 Å². The molecule has 1 aromatic carbocycles. The van der Waals surface area contributed by atoms with E-state index in [2.05, 4.69) is 0 Å². The maximum atomic E-state index is 11.9. The van der Waals surface area contributed by atoms with E-state index in [0.29, 0.717) is 23.5 Å². The number of ketones is 1. The number of benzene rings is 1. The minimum Gasteiger partial charge on any atom is -0.427 e. The van der Waals surface area contributed by atoms with Crippen molar-refractivity contribution in [1.82, 2.24) is 0 Å². The van der Waals surface area contributed by atoms with Crippen molar-refractivity contribution in [1.29, 1.82) is 0 Å². The molecule has 1 saturated heterocycles.